The number of aliphatic hydroxyl groups excluding tert-OH is 1. The summed E-state index contributed by atoms with van der Waals surface area (Å²) in [6, 6.07) is 0. The second-order valence-corrected chi connectivity index (χ2v) is 2.10. The van der Waals surface area contributed by atoms with Crippen molar-refractivity contribution in [3.05, 3.63) is 12.7 Å². The molecular formula is C9H20O2. The lowest BCUT2D eigenvalue weighted by Crippen LogP contribution is -1.99. The Bertz CT molecular complexity index is 56.6. The highest BCUT2D eigenvalue weighted by atomic mass is 16.5. The Morgan fingerprint density at radius 2 is 2.00 bits per heavy atom. The van der Waals surface area contributed by atoms with Crippen molar-refractivity contribution in [2.24, 2.45) is 0 Å². The number of rotatable bonds is 5. The van der Waals surface area contributed by atoms with E-state index >= 15 is 0 Å². The molecule has 0 aromatic carbocycles. The number of ether oxygens (including phenoxy) is 1. The van der Waals surface area contributed by atoms with Gasteiger partial charge in [-0.05, 0) is 13.3 Å². The van der Waals surface area contributed by atoms with Gasteiger partial charge < -0.3 is 9.84 Å². The lowest BCUT2D eigenvalue weighted by molar-refractivity contribution is 0.0904. The van der Waals surface area contributed by atoms with Crippen LogP contribution in [0.1, 0.15) is 26.7 Å². The molecule has 0 rings (SSSR count). The Balaban J connectivity index is 0. The summed E-state index contributed by atoms with van der Waals surface area (Å²) in [6.45, 7) is 8.78. The number of aliphatic hydroxyl groups is 1. The van der Waals surface area contributed by atoms with Crippen LogP contribution in [0.5, 0.6) is 0 Å². The first-order valence-corrected chi connectivity index (χ1v) is 4.09. The third-order valence-electron chi connectivity index (χ3n) is 0.878. The van der Waals surface area contributed by atoms with Gasteiger partial charge in [0.1, 0.15) is 0 Å². The van der Waals surface area contributed by atoms with Gasteiger partial charge in [0, 0.05) is 6.61 Å². The fraction of sp³-hybridized carbons (Fsp3) is 0.778. The summed E-state index contributed by atoms with van der Waals surface area (Å²) in [7, 11) is 0. The number of hydrogen-bond donors (Lipinski definition) is 1. The monoisotopic (exact) mass is 160 g/mol. The summed E-state index contributed by atoms with van der Waals surface area (Å²) in [5.74, 6) is 0. The molecule has 1 N–H and O–H groups in total. The lowest BCUT2D eigenvalue weighted by atomic mass is 10.4. The predicted octanol–water partition coefficient (Wildman–Crippen LogP) is 1.99. The molecule has 0 aromatic rings. The van der Waals surface area contributed by atoms with Gasteiger partial charge >= 0.3 is 0 Å². The van der Waals surface area contributed by atoms with Gasteiger partial charge in [0.15, 0.2) is 0 Å². The van der Waals surface area contributed by atoms with E-state index in [0.29, 0.717) is 6.61 Å². The minimum absolute atomic E-state index is 0.143. The standard InChI is InChI=1S/C6H14O2.C3H6/c1-2-3-5-8-6-4-7;1-3-2/h7H,2-6H2,1H3;3H,1H2,2H3. The van der Waals surface area contributed by atoms with Crippen LogP contribution in [0, 0.1) is 0 Å². The third-order valence-corrected chi connectivity index (χ3v) is 0.878. The molecule has 0 heterocycles. The van der Waals surface area contributed by atoms with Crippen molar-refractivity contribution < 1.29 is 9.84 Å². The maximum Gasteiger partial charge on any atom is 0.0697 e. The number of unbranched alkanes of at least 4 members (excludes halogenated alkanes) is 1. The zero-order chi connectivity index (χ0) is 8.95. The van der Waals surface area contributed by atoms with Gasteiger partial charge in [0.2, 0.25) is 0 Å². The zero-order valence-electron chi connectivity index (χ0n) is 7.68. The van der Waals surface area contributed by atoms with Gasteiger partial charge in [0.25, 0.3) is 0 Å². The normalized spacial score (nSPS) is 8.27. The van der Waals surface area contributed by atoms with E-state index in [1.807, 2.05) is 6.92 Å². The highest BCUT2D eigenvalue weighted by Crippen LogP contribution is 1.85. The van der Waals surface area contributed by atoms with Crippen LogP contribution in [-0.4, -0.2) is 24.9 Å². The van der Waals surface area contributed by atoms with Crippen LogP contribution in [0.3, 0.4) is 0 Å². The van der Waals surface area contributed by atoms with Crippen LogP contribution in [0.2, 0.25) is 0 Å². The van der Waals surface area contributed by atoms with E-state index in [-0.39, 0.29) is 6.61 Å². The van der Waals surface area contributed by atoms with Crippen LogP contribution in [-0.2, 0) is 4.74 Å². The lowest BCUT2D eigenvalue weighted by Gasteiger charge is -1.97. The molecule has 0 amide bonds. The molecule has 0 unspecified atom stereocenters. The average molecular weight is 160 g/mol. The van der Waals surface area contributed by atoms with Gasteiger partial charge in [-0.2, -0.15) is 0 Å². The molecule has 0 aliphatic rings. The molecule has 0 aliphatic carbocycles. The van der Waals surface area contributed by atoms with Gasteiger partial charge in [-0.25, -0.2) is 0 Å². The van der Waals surface area contributed by atoms with E-state index < -0.39 is 0 Å². The molecule has 0 radical (unpaired) electrons. The van der Waals surface area contributed by atoms with Crippen molar-refractivity contribution in [3.63, 3.8) is 0 Å². The smallest absolute Gasteiger partial charge is 0.0697 e. The fourth-order valence-corrected chi connectivity index (χ4v) is 0.413. The maximum absolute atomic E-state index is 8.24. The van der Waals surface area contributed by atoms with E-state index in [0.717, 1.165) is 19.4 Å². The maximum atomic E-state index is 8.24. The van der Waals surface area contributed by atoms with Crippen molar-refractivity contribution in [3.8, 4) is 0 Å². The van der Waals surface area contributed by atoms with Crippen LogP contribution in [0.15, 0.2) is 12.7 Å². The van der Waals surface area contributed by atoms with Crippen LogP contribution in [0.25, 0.3) is 0 Å². The van der Waals surface area contributed by atoms with Gasteiger partial charge in [-0.15, -0.1) is 6.58 Å². The first kappa shape index (κ1) is 13.3. The van der Waals surface area contributed by atoms with Crippen LogP contribution >= 0.6 is 0 Å². The highest BCUT2D eigenvalue weighted by molar-refractivity contribution is 4.51. The minimum Gasteiger partial charge on any atom is -0.394 e. The number of hydrogen-bond acceptors (Lipinski definition) is 2. The summed E-state index contributed by atoms with van der Waals surface area (Å²) < 4.78 is 4.97. The second kappa shape index (κ2) is 16.3. The molecule has 0 aromatic heterocycles. The van der Waals surface area contributed by atoms with Crippen molar-refractivity contribution in [1.82, 2.24) is 0 Å². The average Bonchev–Trinajstić information content (AvgIpc) is 2.00. The third kappa shape index (κ3) is 26.1. The highest BCUT2D eigenvalue weighted by Gasteiger charge is 1.82. The molecule has 2 nitrogen and oxygen atoms in total. The fourth-order valence-electron chi connectivity index (χ4n) is 0.413. The van der Waals surface area contributed by atoms with Gasteiger partial charge in [-0.1, -0.05) is 19.4 Å². The molecular weight excluding hydrogens is 140 g/mol. The Kier molecular flexibility index (Phi) is 19.7. The Labute approximate surface area is 69.9 Å². The van der Waals surface area contributed by atoms with E-state index in [1.165, 1.54) is 0 Å². The quantitative estimate of drug-likeness (QED) is 0.492. The predicted molar refractivity (Wildman–Crippen MR) is 48.7 cm³/mol. The van der Waals surface area contributed by atoms with Gasteiger partial charge in [0.05, 0.1) is 13.2 Å². The van der Waals surface area contributed by atoms with Crippen molar-refractivity contribution >= 4 is 0 Å². The van der Waals surface area contributed by atoms with Crippen molar-refractivity contribution in [1.29, 1.82) is 0 Å². The van der Waals surface area contributed by atoms with E-state index in [1.54, 1.807) is 6.08 Å². The molecule has 0 aliphatic heterocycles. The molecule has 11 heavy (non-hydrogen) atoms. The molecule has 0 saturated heterocycles. The summed E-state index contributed by atoms with van der Waals surface area (Å²) in [5.41, 5.74) is 0. The summed E-state index contributed by atoms with van der Waals surface area (Å²) in [4.78, 5) is 0. The summed E-state index contributed by atoms with van der Waals surface area (Å²) in [6.07, 6.45) is 4.01. The van der Waals surface area contributed by atoms with E-state index in [4.69, 9.17) is 9.84 Å². The number of allylic oxidation sites excluding steroid dienone is 1. The molecule has 0 spiro atoms. The molecule has 2 heteroatoms. The summed E-state index contributed by atoms with van der Waals surface area (Å²) >= 11 is 0. The zero-order valence-corrected chi connectivity index (χ0v) is 7.68. The summed E-state index contributed by atoms with van der Waals surface area (Å²) in [5, 5.41) is 8.24. The van der Waals surface area contributed by atoms with Gasteiger partial charge in [-0.3, -0.25) is 0 Å². The van der Waals surface area contributed by atoms with Crippen LogP contribution < -0.4 is 0 Å². The molecule has 0 saturated carbocycles. The first-order chi connectivity index (χ1) is 5.33. The Morgan fingerprint density at radius 3 is 2.36 bits per heavy atom. The Morgan fingerprint density at radius 1 is 1.45 bits per heavy atom. The molecule has 0 bridgehead atoms. The molecule has 68 valence electrons. The second-order valence-electron chi connectivity index (χ2n) is 2.10. The topological polar surface area (TPSA) is 29.5 Å². The first-order valence-electron chi connectivity index (χ1n) is 4.09. The van der Waals surface area contributed by atoms with Crippen molar-refractivity contribution in [2.45, 2.75) is 26.7 Å². The van der Waals surface area contributed by atoms with Crippen molar-refractivity contribution in [2.75, 3.05) is 19.8 Å². The van der Waals surface area contributed by atoms with E-state index in [2.05, 4.69) is 13.5 Å². The van der Waals surface area contributed by atoms with Crippen LogP contribution in [0.4, 0.5) is 0 Å². The minimum atomic E-state index is 0.143. The molecule has 0 atom stereocenters. The SMILES string of the molecule is C=CC.CCCCOCCO. The molecule has 0 fully saturated rings. The largest absolute Gasteiger partial charge is 0.394 e. The Hall–Kier alpha value is -0.340. The van der Waals surface area contributed by atoms with E-state index in [9.17, 15) is 0 Å².